The first-order valence-electron chi connectivity index (χ1n) is 5.51. The van der Waals surface area contributed by atoms with Gasteiger partial charge >= 0.3 is 0 Å². The number of aliphatic hydroxyl groups excluding tert-OH is 1. The second-order valence-corrected chi connectivity index (χ2v) is 3.79. The van der Waals surface area contributed by atoms with Gasteiger partial charge in [-0.05, 0) is 12.0 Å². The summed E-state index contributed by atoms with van der Waals surface area (Å²) in [6.07, 6.45) is 2.01. The molecule has 0 aliphatic carbocycles. The molecule has 0 fully saturated rings. The van der Waals surface area contributed by atoms with E-state index in [2.05, 4.69) is 11.9 Å². The summed E-state index contributed by atoms with van der Waals surface area (Å²) >= 11 is 0. The zero-order valence-corrected chi connectivity index (χ0v) is 9.67. The van der Waals surface area contributed by atoms with Crippen molar-refractivity contribution < 1.29 is 9.90 Å². The van der Waals surface area contributed by atoms with Gasteiger partial charge in [-0.15, -0.1) is 6.58 Å². The fourth-order valence-corrected chi connectivity index (χ4v) is 1.49. The monoisotopic (exact) mass is 234 g/mol. The van der Waals surface area contributed by atoms with Gasteiger partial charge in [-0.3, -0.25) is 4.79 Å². The van der Waals surface area contributed by atoms with Crippen LogP contribution >= 0.6 is 0 Å². The van der Waals surface area contributed by atoms with Crippen molar-refractivity contribution in [2.24, 2.45) is 5.73 Å². The number of nitrogens with two attached hydrogens (primary N) is 1. The van der Waals surface area contributed by atoms with E-state index in [0.717, 1.165) is 5.56 Å². The molecule has 1 amide bonds. The van der Waals surface area contributed by atoms with E-state index in [-0.39, 0.29) is 12.5 Å². The molecule has 0 radical (unpaired) electrons. The Morgan fingerprint density at radius 1 is 1.47 bits per heavy atom. The number of amides is 1. The highest BCUT2D eigenvalue weighted by molar-refractivity contribution is 5.82. The Kier molecular flexibility index (Phi) is 5.39. The topological polar surface area (TPSA) is 75.4 Å². The molecule has 0 aliphatic rings. The number of benzene rings is 1. The van der Waals surface area contributed by atoms with Crippen LogP contribution in [0.25, 0.3) is 0 Å². The van der Waals surface area contributed by atoms with E-state index in [1.807, 2.05) is 30.3 Å². The Labute approximate surface area is 101 Å². The van der Waals surface area contributed by atoms with E-state index in [0.29, 0.717) is 6.42 Å². The lowest BCUT2D eigenvalue weighted by atomic mass is 10.1. The number of carbonyl (C=O) groups excluding carboxylic acids is 1. The highest BCUT2D eigenvalue weighted by atomic mass is 16.3. The largest absolute Gasteiger partial charge is 0.394 e. The molecule has 1 aromatic carbocycles. The summed E-state index contributed by atoms with van der Waals surface area (Å²) < 4.78 is 0. The first-order chi connectivity index (χ1) is 8.19. The molecule has 1 unspecified atom stereocenters. The van der Waals surface area contributed by atoms with Crippen molar-refractivity contribution in [3.05, 3.63) is 48.6 Å². The molecule has 0 aromatic heterocycles. The number of aliphatic hydroxyl groups is 1. The molecule has 0 saturated heterocycles. The van der Waals surface area contributed by atoms with Crippen molar-refractivity contribution in [3.63, 3.8) is 0 Å². The van der Waals surface area contributed by atoms with Crippen LogP contribution in [0.15, 0.2) is 43.0 Å². The molecule has 2 atom stereocenters. The minimum atomic E-state index is -0.620. The normalized spacial score (nSPS) is 13.8. The molecule has 0 heterocycles. The van der Waals surface area contributed by atoms with Crippen molar-refractivity contribution in [1.82, 2.24) is 5.32 Å². The SMILES string of the molecule is C=CCC(N)C(=O)N[C@@H](CO)c1ccccc1. The van der Waals surface area contributed by atoms with Gasteiger partial charge in [0.05, 0.1) is 18.7 Å². The smallest absolute Gasteiger partial charge is 0.237 e. The van der Waals surface area contributed by atoms with E-state index in [9.17, 15) is 9.90 Å². The lowest BCUT2D eigenvalue weighted by molar-refractivity contribution is -0.123. The molecule has 1 rings (SSSR count). The fourth-order valence-electron chi connectivity index (χ4n) is 1.49. The van der Waals surface area contributed by atoms with Gasteiger partial charge in [0, 0.05) is 0 Å². The van der Waals surface area contributed by atoms with Gasteiger partial charge in [0.2, 0.25) is 5.91 Å². The molecular weight excluding hydrogens is 216 g/mol. The third kappa shape index (κ3) is 4.01. The van der Waals surface area contributed by atoms with Crippen LogP contribution in [0.1, 0.15) is 18.0 Å². The summed E-state index contributed by atoms with van der Waals surface area (Å²) in [6.45, 7) is 3.37. The maximum atomic E-state index is 11.7. The Balaban J connectivity index is 2.64. The van der Waals surface area contributed by atoms with Crippen LogP contribution in [0.5, 0.6) is 0 Å². The van der Waals surface area contributed by atoms with Gasteiger partial charge in [0.15, 0.2) is 0 Å². The molecular formula is C13H18N2O2. The minimum absolute atomic E-state index is 0.156. The average Bonchev–Trinajstić information content (AvgIpc) is 2.37. The Morgan fingerprint density at radius 2 is 2.12 bits per heavy atom. The number of hydrogen-bond acceptors (Lipinski definition) is 3. The summed E-state index contributed by atoms with van der Waals surface area (Å²) in [5.41, 5.74) is 6.50. The Hall–Kier alpha value is -1.65. The van der Waals surface area contributed by atoms with Crippen LogP contribution in [0, 0.1) is 0 Å². The van der Waals surface area contributed by atoms with Crippen molar-refractivity contribution in [1.29, 1.82) is 0 Å². The van der Waals surface area contributed by atoms with Crippen LogP contribution < -0.4 is 11.1 Å². The summed E-state index contributed by atoms with van der Waals surface area (Å²) in [7, 11) is 0. The second-order valence-electron chi connectivity index (χ2n) is 3.79. The Morgan fingerprint density at radius 3 is 2.65 bits per heavy atom. The van der Waals surface area contributed by atoms with Crippen LogP contribution in [0.4, 0.5) is 0 Å². The molecule has 92 valence electrons. The zero-order valence-electron chi connectivity index (χ0n) is 9.67. The van der Waals surface area contributed by atoms with Crippen molar-refractivity contribution in [3.8, 4) is 0 Å². The summed E-state index contributed by atoms with van der Waals surface area (Å²) in [4.78, 5) is 11.7. The maximum absolute atomic E-state index is 11.7. The standard InChI is InChI=1S/C13H18N2O2/c1-2-6-11(14)13(17)15-12(9-16)10-7-4-3-5-8-10/h2-5,7-8,11-12,16H,1,6,9,14H2,(H,15,17)/t11?,12-/m0/s1. The first-order valence-corrected chi connectivity index (χ1v) is 5.51. The van der Waals surface area contributed by atoms with Crippen molar-refractivity contribution in [2.75, 3.05) is 6.61 Å². The summed E-state index contributed by atoms with van der Waals surface area (Å²) in [5.74, 6) is -0.284. The van der Waals surface area contributed by atoms with Gasteiger partial charge in [0.1, 0.15) is 0 Å². The lowest BCUT2D eigenvalue weighted by Gasteiger charge is -2.19. The Bertz CT molecular complexity index is 365. The second kappa shape index (κ2) is 6.83. The van der Waals surface area contributed by atoms with Crippen LogP contribution in [-0.2, 0) is 4.79 Å². The molecule has 0 spiro atoms. The summed E-state index contributed by atoms with van der Waals surface area (Å²) in [5, 5.41) is 12.0. The molecule has 17 heavy (non-hydrogen) atoms. The quantitative estimate of drug-likeness (QED) is 0.635. The highest BCUT2D eigenvalue weighted by Gasteiger charge is 2.17. The average molecular weight is 234 g/mol. The zero-order chi connectivity index (χ0) is 12.7. The third-order valence-corrected chi connectivity index (χ3v) is 2.46. The first kappa shape index (κ1) is 13.4. The molecule has 4 N–H and O–H groups in total. The van der Waals surface area contributed by atoms with Crippen LogP contribution in [0.3, 0.4) is 0 Å². The fraction of sp³-hybridized carbons (Fsp3) is 0.308. The molecule has 0 bridgehead atoms. The van der Waals surface area contributed by atoms with E-state index in [1.54, 1.807) is 6.08 Å². The number of nitrogens with one attached hydrogen (secondary N) is 1. The summed E-state index contributed by atoms with van der Waals surface area (Å²) in [6, 6.07) is 8.25. The van der Waals surface area contributed by atoms with Gasteiger partial charge in [0.25, 0.3) is 0 Å². The van der Waals surface area contributed by atoms with Gasteiger partial charge in [-0.2, -0.15) is 0 Å². The molecule has 4 heteroatoms. The molecule has 0 saturated carbocycles. The van der Waals surface area contributed by atoms with E-state index < -0.39 is 12.1 Å². The van der Waals surface area contributed by atoms with Crippen LogP contribution in [-0.4, -0.2) is 23.7 Å². The lowest BCUT2D eigenvalue weighted by Crippen LogP contribution is -2.42. The van der Waals surface area contributed by atoms with Crippen molar-refractivity contribution >= 4 is 5.91 Å². The number of carbonyl (C=O) groups is 1. The minimum Gasteiger partial charge on any atom is -0.394 e. The number of rotatable bonds is 6. The van der Waals surface area contributed by atoms with Crippen molar-refractivity contribution in [2.45, 2.75) is 18.5 Å². The number of hydrogen-bond donors (Lipinski definition) is 3. The highest BCUT2D eigenvalue weighted by Crippen LogP contribution is 2.11. The van der Waals surface area contributed by atoms with Crippen LogP contribution in [0.2, 0.25) is 0 Å². The predicted molar refractivity (Wildman–Crippen MR) is 67.2 cm³/mol. The van der Waals surface area contributed by atoms with Gasteiger partial charge in [-0.1, -0.05) is 36.4 Å². The molecule has 0 aliphatic heterocycles. The van der Waals surface area contributed by atoms with E-state index in [4.69, 9.17) is 5.73 Å². The van der Waals surface area contributed by atoms with Gasteiger partial charge in [-0.25, -0.2) is 0 Å². The van der Waals surface area contributed by atoms with Gasteiger partial charge < -0.3 is 16.2 Å². The predicted octanol–water partition coefficient (Wildman–Crippen LogP) is 0.740. The maximum Gasteiger partial charge on any atom is 0.237 e. The van der Waals surface area contributed by atoms with E-state index in [1.165, 1.54) is 0 Å². The van der Waals surface area contributed by atoms with E-state index >= 15 is 0 Å². The molecule has 4 nitrogen and oxygen atoms in total. The molecule has 1 aromatic rings. The third-order valence-electron chi connectivity index (χ3n) is 2.46.